The lowest BCUT2D eigenvalue weighted by molar-refractivity contribution is 0.137. The molecule has 0 spiro atoms. The van der Waals surface area contributed by atoms with E-state index >= 15 is 0 Å². The Morgan fingerprint density at radius 1 is 1.33 bits per heavy atom. The van der Waals surface area contributed by atoms with Gasteiger partial charge >= 0.3 is 6.09 Å². The molecule has 1 aromatic carbocycles. The van der Waals surface area contributed by atoms with Crippen LogP contribution in [0.3, 0.4) is 0 Å². The number of carbonyl (C=O) groups is 1. The van der Waals surface area contributed by atoms with Gasteiger partial charge in [0.1, 0.15) is 6.10 Å². The first kappa shape index (κ1) is 15.7. The molecular formula is C13H19N3O4S. The van der Waals surface area contributed by atoms with E-state index < -0.39 is 16.3 Å². The molecule has 2 rings (SSSR count). The van der Waals surface area contributed by atoms with Crippen molar-refractivity contribution < 1.29 is 17.9 Å². The van der Waals surface area contributed by atoms with Gasteiger partial charge in [-0.1, -0.05) is 18.2 Å². The van der Waals surface area contributed by atoms with E-state index in [0.717, 1.165) is 9.99 Å². The maximum atomic E-state index is 11.8. The molecule has 1 heterocycles. The molecule has 21 heavy (non-hydrogen) atoms. The summed E-state index contributed by atoms with van der Waals surface area (Å²) in [7, 11) is -0.533. The second-order valence-corrected chi connectivity index (χ2v) is 6.89. The van der Waals surface area contributed by atoms with Crippen LogP contribution in [0, 0.1) is 0 Å². The van der Waals surface area contributed by atoms with Gasteiger partial charge in [0.05, 0.1) is 6.54 Å². The molecule has 1 unspecified atom stereocenters. The van der Waals surface area contributed by atoms with Crippen molar-refractivity contribution in [3.05, 3.63) is 30.3 Å². The molecule has 1 aliphatic rings. The zero-order valence-electron chi connectivity index (χ0n) is 12.0. The van der Waals surface area contributed by atoms with Gasteiger partial charge < -0.3 is 4.74 Å². The first-order valence-electron chi connectivity index (χ1n) is 6.60. The topological polar surface area (TPSA) is 79.0 Å². The summed E-state index contributed by atoms with van der Waals surface area (Å²) in [6.45, 7) is 0.646. The molecule has 1 amide bonds. The fourth-order valence-electron chi connectivity index (χ4n) is 1.97. The molecular weight excluding hydrogens is 294 g/mol. The molecule has 1 aromatic rings. The van der Waals surface area contributed by atoms with Crippen LogP contribution in [0.2, 0.25) is 0 Å². The number of cyclic esters (lactones) is 1. The van der Waals surface area contributed by atoms with E-state index in [1.165, 1.54) is 14.1 Å². The molecule has 0 saturated carbocycles. The first-order chi connectivity index (χ1) is 9.90. The van der Waals surface area contributed by atoms with Crippen molar-refractivity contribution >= 4 is 22.0 Å². The highest BCUT2D eigenvalue weighted by molar-refractivity contribution is 7.87. The minimum absolute atomic E-state index is 0.223. The van der Waals surface area contributed by atoms with Crippen LogP contribution in [-0.2, 0) is 14.9 Å². The summed E-state index contributed by atoms with van der Waals surface area (Å²) in [5.41, 5.74) is 0.777. The van der Waals surface area contributed by atoms with Crippen LogP contribution in [0.25, 0.3) is 0 Å². The highest BCUT2D eigenvalue weighted by Crippen LogP contribution is 2.22. The minimum atomic E-state index is -3.44. The predicted octanol–water partition coefficient (Wildman–Crippen LogP) is 0.798. The zero-order valence-corrected chi connectivity index (χ0v) is 12.8. The number of benzene rings is 1. The van der Waals surface area contributed by atoms with Crippen molar-refractivity contribution in [2.45, 2.75) is 12.5 Å². The summed E-state index contributed by atoms with van der Waals surface area (Å²) in [6, 6.07) is 9.23. The van der Waals surface area contributed by atoms with E-state index in [4.69, 9.17) is 4.74 Å². The Bertz CT molecular complexity index is 589. The zero-order chi connectivity index (χ0) is 15.5. The van der Waals surface area contributed by atoms with Crippen molar-refractivity contribution in [2.75, 3.05) is 32.1 Å². The average molecular weight is 313 g/mol. The fraction of sp³-hybridized carbons (Fsp3) is 0.462. The molecule has 1 N–H and O–H groups in total. The second kappa shape index (κ2) is 6.42. The molecule has 1 saturated heterocycles. The Balaban J connectivity index is 1.87. The third kappa shape index (κ3) is 3.93. The monoisotopic (exact) mass is 313 g/mol. The first-order valence-corrected chi connectivity index (χ1v) is 8.04. The lowest BCUT2D eigenvalue weighted by Crippen LogP contribution is -2.37. The second-order valence-electron chi connectivity index (χ2n) is 4.92. The van der Waals surface area contributed by atoms with E-state index in [0.29, 0.717) is 13.0 Å². The number of para-hydroxylation sites is 1. The smallest absolute Gasteiger partial charge is 0.414 e. The minimum Gasteiger partial charge on any atom is -0.444 e. The number of nitrogens with zero attached hydrogens (tertiary/aromatic N) is 2. The number of ether oxygens (including phenoxy) is 1. The van der Waals surface area contributed by atoms with Crippen LogP contribution in [0.1, 0.15) is 6.42 Å². The summed E-state index contributed by atoms with van der Waals surface area (Å²) >= 11 is 0. The maximum Gasteiger partial charge on any atom is 0.414 e. The molecule has 0 bridgehead atoms. The lowest BCUT2D eigenvalue weighted by Gasteiger charge is -2.14. The molecule has 0 radical (unpaired) electrons. The van der Waals surface area contributed by atoms with Crippen molar-refractivity contribution in [1.29, 1.82) is 0 Å². The number of anilines is 1. The number of hydrogen-bond donors (Lipinski definition) is 1. The van der Waals surface area contributed by atoms with Gasteiger partial charge in [-0.15, -0.1) is 0 Å². The van der Waals surface area contributed by atoms with Gasteiger partial charge in [0.15, 0.2) is 0 Å². The Morgan fingerprint density at radius 2 is 2.00 bits per heavy atom. The van der Waals surface area contributed by atoms with Crippen LogP contribution in [0.4, 0.5) is 10.5 Å². The molecule has 1 atom stereocenters. The van der Waals surface area contributed by atoms with E-state index in [1.54, 1.807) is 4.90 Å². The van der Waals surface area contributed by atoms with Crippen molar-refractivity contribution in [1.82, 2.24) is 9.03 Å². The van der Waals surface area contributed by atoms with Crippen LogP contribution in [0.5, 0.6) is 0 Å². The summed E-state index contributed by atoms with van der Waals surface area (Å²) in [4.78, 5) is 13.4. The standard InChI is InChI=1S/C13H19N3O4S/c1-15(2)21(18,19)14-9-8-12-10-16(13(17)20-12)11-6-4-3-5-7-11/h3-7,12,14H,8-10H2,1-2H3. The molecule has 1 aliphatic heterocycles. The van der Waals surface area contributed by atoms with E-state index in [9.17, 15) is 13.2 Å². The Labute approximate surface area is 124 Å². The van der Waals surface area contributed by atoms with Gasteiger partial charge in [-0.3, -0.25) is 4.90 Å². The highest BCUT2D eigenvalue weighted by atomic mass is 32.2. The lowest BCUT2D eigenvalue weighted by atomic mass is 10.2. The third-order valence-corrected chi connectivity index (χ3v) is 4.70. The third-order valence-electron chi connectivity index (χ3n) is 3.17. The maximum absolute atomic E-state index is 11.8. The number of hydrogen-bond acceptors (Lipinski definition) is 4. The van der Waals surface area contributed by atoms with Gasteiger partial charge in [-0.25, -0.2) is 9.52 Å². The van der Waals surface area contributed by atoms with Crippen molar-refractivity contribution in [3.8, 4) is 0 Å². The van der Waals surface area contributed by atoms with Gasteiger partial charge in [-0.05, 0) is 18.6 Å². The normalized spacial score (nSPS) is 19.1. The van der Waals surface area contributed by atoms with Crippen LogP contribution in [0.15, 0.2) is 30.3 Å². The van der Waals surface area contributed by atoms with Crippen LogP contribution >= 0.6 is 0 Å². The van der Waals surface area contributed by atoms with E-state index in [1.807, 2.05) is 30.3 Å². The van der Waals surface area contributed by atoms with E-state index in [-0.39, 0.29) is 12.6 Å². The Kier molecular flexibility index (Phi) is 4.81. The number of nitrogens with one attached hydrogen (secondary N) is 1. The van der Waals surface area contributed by atoms with Crippen molar-refractivity contribution in [3.63, 3.8) is 0 Å². The summed E-state index contributed by atoms with van der Waals surface area (Å²) in [6.07, 6.45) is -0.286. The van der Waals surface area contributed by atoms with Crippen molar-refractivity contribution in [2.24, 2.45) is 0 Å². The Hall–Kier alpha value is -1.64. The van der Waals surface area contributed by atoms with Gasteiger partial charge in [-0.2, -0.15) is 12.7 Å². The quantitative estimate of drug-likeness (QED) is 0.842. The van der Waals surface area contributed by atoms with E-state index in [2.05, 4.69) is 4.72 Å². The fourth-order valence-corrected chi connectivity index (χ4v) is 2.60. The molecule has 1 fully saturated rings. The van der Waals surface area contributed by atoms with Gasteiger partial charge in [0.25, 0.3) is 10.2 Å². The molecule has 116 valence electrons. The van der Waals surface area contributed by atoms with Crippen LogP contribution in [-0.4, -0.2) is 52.1 Å². The average Bonchev–Trinajstić information content (AvgIpc) is 2.80. The summed E-state index contributed by atoms with van der Waals surface area (Å²) in [5.74, 6) is 0. The SMILES string of the molecule is CN(C)S(=O)(=O)NCCC1CN(c2ccccc2)C(=O)O1. The number of carbonyl (C=O) groups excluding carboxylic acids is 1. The highest BCUT2D eigenvalue weighted by Gasteiger charge is 2.32. The molecule has 7 nitrogen and oxygen atoms in total. The molecule has 0 aliphatic carbocycles. The molecule has 0 aromatic heterocycles. The molecule has 8 heteroatoms. The summed E-state index contributed by atoms with van der Waals surface area (Å²) < 4.78 is 31.9. The van der Waals surface area contributed by atoms with Gasteiger partial charge in [0.2, 0.25) is 0 Å². The Morgan fingerprint density at radius 3 is 2.62 bits per heavy atom. The predicted molar refractivity (Wildman–Crippen MR) is 79.3 cm³/mol. The number of rotatable bonds is 6. The summed E-state index contributed by atoms with van der Waals surface area (Å²) in [5, 5.41) is 0. The van der Waals surface area contributed by atoms with Crippen LogP contribution < -0.4 is 9.62 Å². The number of amides is 1. The largest absolute Gasteiger partial charge is 0.444 e. The van der Waals surface area contributed by atoms with Gasteiger partial charge in [0, 0.05) is 26.3 Å².